The van der Waals surface area contributed by atoms with Gasteiger partial charge in [-0.15, -0.1) is 0 Å². The number of nitrogens with one attached hydrogen (secondary N) is 1. The molecule has 0 bridgehead atoms. The van der Waals surface area contributed by atoms with Crippen LogP contribution in [0.25, 0.3) is 16.7 Å². The number of rotatable bonds is 8. The minimum absolute atomic E-state index is 0.0815. The Morgan fingerprint density at radius 2 is 1.88 bits per heavy atom. The first kappa shape index (κ1) is 29.3. The number of morpholine rings is 1. The zero-order chi connectivity index (χ0) is 29.9. The molecule has 0 spiro atoms. The van der Waals surface area contributed by atoms with Crippen LogP contribution in [0.2, 0.25) is 5.02 Å². The number of hydrogen-bond donors (Lipinski definition) is 1. The first-order valence-corrected chi connectivity index (χ1v) is 15.3. The molecule has 6 rings (SSSR count). The quantitative estimate of drug-likeness (QED) is 0.321. The second-order valence-electron chi connectivity index (χ2n) is 11.6. The van der Waals surface area contributed by atoms with Gasteiger partial charge in [0.1, 0.15) is 6.61 Å². The van der Waals surface area contributed by atoms with Crippen LogP contribution in [0, 0.1) is 12.8 Å². The van der Waals surface area contributed by atoms with Crippen LogP contribution in [0.1, 0.15) is 41.7 Å². The first-order chi connectivity index (χ1) is 20.9. The Hall–Kier alpha value is -3.73. The maximum atomic E-state index is 13.8. The minimum Gasteiger partial charge on any atom is -0.476 e. The summed E-state index contributed by atoms with van der Waals surface area (Å²) < 4.78 is 15.1. The second-order valence-corrected chi connectivity index (χ2v) is 12.0. The molecule has 1 amide bonds. The number of carbonyl (C=O) groups is 1. The molecule has 226 valence electrons. The van der Waals surface area contributed by atoms with Gasteiger partial charge in [0.2, 0.25) is 5.88 Å². The molecular formula is C32H37ClN6O4. The number of carbonyl (C=O) groups excluding carboxylic acids is 1. The molecular weight excluding hydrogens is 568 g/mol. The van der Waals surface area contributed by atoms with Gasteiger partial charge in [0.05, 0.1) is 58.5 Å². The number of benzene rings is 1. The van der Waals surface area contributed by atoms with E-state index in [-0.39, 0.29) is 23.7 Å². The largest absolute Gasteiger partial charge is 0.476 e. The Morgan fingerprint density at radius 3 is 2.63 bits per heavy atom. The lowest BCUT2D eigenvalue weighted by Crippen LogP contribution is -2.46. The van der Waals surface area contributed by atoms with Crippen molar-refractivity contribution < 1.29 is 14.3 Å². The first-order valence-electron chi connectivity index (χ1n) is 14.9. The molecule has 4 heterocycles. The van der Waals surface area contributed by atoms with Crippen molar-refractivity contribution >= 4 is 28.5 Å². The molecule has 43 heavy (non-hydrogen) atoms. The summed E-state index contributed by atoms with van der Waals surface area (Å²) in [4.78, 5) is 37.6. The van der Waals surface area contributed by atoms with Crippen LogP contribution in [-0.4, -0.2) is 75.4 Å². The van der Waals surface area contributed by atoms with E-state index in [0.29, 0.717) is 53.5 Å². The number of para-hydroxylation sites is 2. The van der Waals surface area contributed by atoms with Gasteiger partial charge in [0, 0.05) is 31.4 Å². The lowest BCUT2D eigenvalue weighted by molar-refractivity contribution is -0.0113. The molecule has 0 radical (unpaired) electrons. The van der Waals surface area contributed by atoms with Gasteiger partial charge < -0.3 is 14.8 Å². The number of likely N-dealkylation sites (N-methyl/N-ethyl adjacent to an activating group) is 1. The Labute approximate surface area is 255 Å². The molecule has 2 fully saturated rings. The summed E-state index contributed by atoms with van der Waals surface area (Å²) in [5, 5.41) is 3.60. The topological polar surface area (TPSA) is 104 Å². The summed E-state index contributed by atoms with van der Waals surface area (Å²) in [7, 11) is 2.07. The van der Waals surface area contributed by atoms with E-state index in [2.05, 4.69) is 27.2 Å². The van der Waals surface area contributed by atoms with Crippen molar-refractivity contribution in [1.82, 2.24) is 29.3 Å². The van der Waals surface area contributed by atoms with E-state index in [1.807, 2.05) is 41.0 Å². The third-order valence-corrected chi connectivity index (χ3v) is 8.89. The lowest BCUT2D eigenvalue weighted by atomic mass is 9.85. The van der Waals surface area contributed by atoms with E-state index in [4.69, 9.17) is 21.1 Å². The summed E-state index contributed by atoms with van der Waals surface area (Å²) in [5.41, 5.74) is 3.52. The van der Waals surface area contributed by atoms with E-state index in [1.165, 1.54) is 0 Å². The molecule has 4 aromatic rings. The van der Waals surface area contributed by atoms with Gasteiger partial charge in [-0.3, -0.25) is 23.8 Å². The highest BCUT2D eigenvalue weighted by molar-refractivity contribution is 6.30. The number of ether oxygens (including phenoxy) is 2. The van der Waals surface area contributed by atoms with E-state index in [9.17, 15) is 9.59 Å². The molecule has 1 saturated heterocycles. The zero-order valence-electron chi connectivity index (χ0n) is 24.5. The summed E-state index contributed by atoms with van der Waals surface area (Å²) in [6.07, 6.45) is 6.78. The van der Waals surface area contributed by atoms with Crippen molar-refractivity contribution in [1.29, 1.82) is 0 Å². The predicted molar refractivity (Wildman–Crippen MR) is 165 cm³/mol. The molecule has 1 N–H and O–H groups in total. The fraction of sp³-hybridized carbons (Fsp3) is 0.438. The minimum atomic E-state index is -0.143. The lowest BCUT2D eigenvalue weighted by Gasteiger charge is -2.31. The maximum Gasteiger partial charge on any atom is 0.333 e. The number of halogens is 1. The van der Waals surface area contributed by atoms with Gasteiger partial charge in [-0.2, -0.15) is 0 Å². The number of hydrogen-bond acceptors (Lipinski definition) is 7. The molecule has 0 unspecified atom stereocenters. The summed E-state index contributed by atoms with van der Waals surface area (Å²) in [5.74, 6) is 0.705. The SMILES string of the molecule is Cc1ncc(Cl)cc1C(=O)NC1CCC(Cn2c(=O)n(-c3ccc(OC[C@@H]4COCCN4C)nc3)c3ccccc32)CC1. The van der Waals surface area contributed by atoms with Crippen LogP contribution in [-0.2, 0) is 11.3 Å². The molecule has 2 aliphatic rings. The van der Waals surface area contributed by atoms with E-state index in [1.54, 1.807) is 30.0 Å². The number of aromatic nitrogens is 4. The molecule has 1 aromatic carbocycles. The van der Waals surface area contributed by atoms with Crippen LogP contribution >= 0.6 is 11.6 Å². The highest BCUT2D eigenvalue weighted by atomic mass is 35.5. The molecule has 1 atom stereocenters. The highest BCUT2D eigenvalue weighted by Crippen LogP contribution is 2.28. The van der Waals surface area contributed by atoms with Gasteiger partial charge in [-0.1, -0.05) is 23.7 Å². The van der Waals surface area contributed by atoms with Crippen molar-refractivity contribution in [3.05, 3.63) is 81.6 Å². The van der Waals surface area contributed by atoms with Gasteiger partial charge >= 0.3 is 5.69 Å². The normalized spacial score (nSPS) is 21.1. The summed E-state index contributed by atoms with van der Waals surface area (Å²) in [6, 6.07) is 13.5. The number of fused-ring (bicyclic) bond motifs is 1. The van der Waals surface area contributed by atoms with E-state index in [0.717, 1.165) is 49.9 Å². The smallest absolute Gasteiger partial charge is 0.333 e. The third kappa shape index (κ3) is 6.46. The van der Waals surface area contributed by atoms with Gasteiger partial charge in [0.25, 0.3) is 5.91 Å². The average molecular weight is 605 g/mol. The second kappa shape index (κ2) is 12.9. The fourth-order valence-electron chi connectivity index (χ4n) is 6.07. The number of amides is 1. The van der Waals surface area contributed by atoms with Crippen molar-refractivity contribution in [2.75, 3.05) is 33.4 Å². The number of aryl methyl sites for hydroxylation is 1. The summed E-state index contributed by atoms with van der Waals surface area (Å²) in [6.45, 7) is 5.18. The predicted octanol–water partition coefficient (Wildman–Crippen LogP) is 4.24. The van der Waals surface area contributed by atoms with Gasteiger partial charge in [-0.25, -0.2) is 9.78 Å². The molecule has 1 aliphatic heterocycles. The van der Waals surface area contributed by atoms with Gasteiger partial charge in [0.15, 0.2) is 0 Å². The average Bonchev–Trinajstić information content (AvgIpc) is 3.29. The Balaban J connectivity index is 1.12. The molecule has 3 aromatic heterocycles. The Bertz CT molecular complexity index is 1640. The number of nitrogens with zero attached hydrogens (tertiary/aromatic N) is 5. The summed E-state index contributed by atoms with van der Waals surface area (Å²) >= 11 is 6.06. The Morgan fingerprint density at radius 1 is 1.09 bits per heavy atom. The molecule has 1 aliphatic carbocycles. The van der Waals surface area contributed by atoms with Crippen molar-refractivity contribution in [3.8, 4) is 11.6 Å². The van der Waals surface area contributed by atoms with Gasteiger partial charge in [-0.05, 0) is 69.8 Å². The monoisotopic (exact) mass is 604 g/mol. The van der Waals surface area contributed by atoms with Crippen molar-refractivity contribution in [2.24, 2.45) is 5.92 Å². The van der Waals surface area contributed by atoms with Crippen molar-refractivity contribution in [3.63, 3.8) is 0 Å². The molecule has 11 heteroatoms. The number of pyridine rings is 2. The third-order valence-electron chi connectivity index (χ3n) is 8.68. The zero-order valence-corrected chi connectivity index (χ0v) is 25.3. The fourth-order valence-corrected chi connectivity index (χ4v) is 6.23. The van der Waals surface area contributed by atoms with E-state index < -0.39 is 0 Å². The van der Waals surface area contributed by atoms with E-state index >= 15 is 0 Å². The van der Waals surface area contributed by atoms with Crippen LogP contribution in [0.3, 0.4) is 0 Å². The maximum absolute atomic E-state index is 13.8. The van der Waals surface area contributed by atoms with Crippen LogP contribution in [0.15, 0.2) is 59.7 Å². The standard InChI is InChI=1S/C32H37ClN6O4/c1-21-27(15-23(33)16-34-21)31(40)36-24-9-7-22(8-10-24)18-38-28-5-3-4-6-29(28)39(32(38)41)25-11-12-30(35-17-25)43-20-26-19-42-14-13-37(26)2/h3-6,11-12,15-17,22,24,26H,7-10,13-14,18-20H2,1-2H3,(H,36,40)/t22?,24?,26-/m0/s1. The highest BCUT2D eigenvalue weighted by Gasteiger charge is 2.26. The van der Waals surface area contributed by atoms with Crippen LogP contribution in [0.5, 0.6) is 5.88 Å². The van der Waals surface area contributed by atoms with Crippen LogP contribution in [0.4, 0.5) is 0 Å². The molecule has 1 saturated carbocycles. The number of imidazole rings is 1. The Kier molecular flexibility index (Phi) is 8.78. The van der Waals surface area contributed by atoms with Crippen LogP contribution < -0.4 is 15.7 Å². The van der Waals surface area contributed by atoms with Crippen molar-refractivity contribution in [2.45, 2.75) is 51.2 Å². The molecule has 10 nitrogen and oxygen atoms in total.